The second kappa shape index (κ2) is 5.79. The van der Waals surface area contributed by atoms with Crippen molar-refractivity contribution in [3.05, 3.63) is 0 Å². The zero-order valence-corrected chi connectivity index (χ0v) is 11.2. The molecule has 0 aromatic rings. The number of nitrogens with two attached hydrogens (primary N) is 1. The van der Waals surface area contributed by atoms with Crippen LogP contribution in [0.15, 0.2) is 0 Å². The van der Waals surface area contributed by atoms with Crippen LogP contribution in [-0.4, -0.2) is 51.2 Å². The van der Waals surface area contributed by atoms with Gasteiger partial charge in [0.2, 0.25) is 15.9 Å². The molecule has 0 saturated carbocycles. The lowest BCUT2D eigenvalue weighted by Gasteiger charge is -2.34. The van der Waals surface area contributed by atoms with Gasteiger partial charge in [0, 0.05) is 19.1 Å². The first-order valence-electron chi connectivity index (χ1n) is 5.80. The van der Waals surface area contributed by atoms with E-state index in [-0.39, 0.29) is 17.9 Å². The van der Waals surface area contributed by atoms with Crippen molar-refractivity contribution in [2.24, 2.45) is 11.7 Å². The molecule has 0 aromatic carbocycles. The minimum absolute atomic E-state index is 0.0338. The Morgan fingerprint density at radius 3 is 2.76 bits per heavy atom. The lowest BCUT2D eigenvalue weighted by atomic mass is 9.92. The molecule has 2 atom stereocenters. The highest BCUT2D eigenvalue weighted by Gasteiger charge is 2.27. The van der Waals surface area contributed by atoms with Gasteiger partial charge in [-0.25, -0.2) is 13.1 Å². The fourth-order valence-corrected chi connectivity index (χ4v) is 2.64. The second-order valence-electron chi connectivity index (χ2n) is 4.56. The largest absolute Gasteiger partial charge is 0.341 e. The van der Waals surface area contributed by atoms with Crippen molar-refractivity contribution in [1.29, 1.82) is 0 Å². The molecule has 0 bridgehead atoms. The summed E-state index contributed by atoms with van der Waals surface area (Å²) in [6.45, 7) is 3.11. The number of carbonyl (C=O) groups is 1. The SMILES string of the molecule is CNS(=O)(=O)CC(=O)N1CCCC(C(C)N)C1. The Hall–Kier alpha value is -0.660. The number of rotatable bonds is 4. The van der Waals surface area contributed by atoms with Gasteiger partial charge in [0.25, 0.3) is 0 Å². The zero-order chi connectivity index (χ0) is 13.1. The maximum absolute atomic E-state index is 11.8. The molecular weight excluding hydrogens is 242 g/mol. The Bertz CT molecular complexity index is 367. The fourth-order valence-electron chi connectivity index (χ4n) is 1.99. The number of hydrogen-bond acceptors (Lipinski definition) is 4. The summed E-state index contributed by atoms with van der Waals surface area (Å²) in [5, 5.41) is 0. The van der Waals surface area contributed by atoms with Crippen LogP contribution in [0.3, 0.4) is 0 Å². The Kier molecular flexibility index (Phi) is 4.91. The molecular formula is C10H21N3O3S. The van der Waals surface area contributed by atoms with Crippen molar-refractivity contribution in [2.75, 3.05) is 25.9 Å². The Labute approximate surface area is 103 Å². The highest BCUT2D eigenvalue weighted by Crippen LogP contribution is 2.18. The Morgan fingerprint density at radius 1 is 1.59 bits per heavy atom. The van der Waals surface area contributed by atoms with Gasteiger partial charge in [-0.05, 0) is 32.7 Å². The average molecular weight is 263 g/mol. The van der Waals surface area contributed by atoms with Gasteiger partial charge in [0.15, 0.2) is 0 Å². The highest BCUT2D eigenvalue weighted by atomic mass is 32.2. The van der Waals surface area contributed by atoms with Crippen LogP contribution in [0.2, 0.25) is 0 Å². The number of carbonyl (C=O) groups excluding carboxylic acids is 1. The number of piperidine rings is 1. The highest BCUT2D eigenvalue weighted by molar-refractivity contribution is 7.90. The van der Waals surface area contributed by atoms with Crippen molar-refractivity contribution in [3.63, 3.8) is 0 Å². The summed E-state index contributed by atoms with van der Waals surface area (Å²) < 4.78 is 24.7. The van der Waals surface area contributed by atoms with E-state index in [4.69, 9.17) is 5.73 Å². The van der Waals surface area contributed by atoms with Crippen LogP contribution in [0.4, 0.5) is 0 Å². The van der Waals surface area contributed by atoms with E-state index in [1.165, 1.54) is 7.05 Å². The normalized spacial score (nSPS) is 23.5. The van der Waals surface area contributed by atoms with E-state index in [1.54, 1.807) is 4.90 Å². The Morgan fingerprint density at radius 2 is 2.24 bits per heavy atom. The number of sulfonamides is 1. The van der Waals surface area contributed by atoms with Crippen LogP contribution in [0.25, 0.3) is 0 Å². The first kappa shape index (κ1) is 14.4. The van der Waals surface area contributed by atoms with Crippen LogP contribution in [0.5, 0.6) is 0 Å². The summed E-state index contributed by atoms with van der Waals surface area (Å²) in [4.78, 5) is 13.4. The third-order valence-corrected chi connectivity index (χ3v) is 4.43. The van der Waals surface area contributed by atoms with E-state index in [1.807, 2.05) is 6.92 Å². The van der Waals surface area contributed by atoms with Crippen LogP contribution in [-0.2, 0) is 14.8 Å². The van der Waals surface area contributed by atoms with Gasteiger partial charge in [-0.15, -0.1) is 0 Å². The number of hydrogen-bond donors (Lipinski definition) is 2. The zero-order valence-electron chi connectivity index (χ0n) is 10.3. The molecule has 1 rings (SSSR count). The second-order valence-corrected chi connectivity index (χ2v) is 6.49. The van der Waals surface area contributed by atoms with Crippen molar-refractivity contribution in [3.8, 4) is 0 Å². The molecule has 7 heteroatoms. The number of amides is 1. The third-order valence-electron chi connectivity index (χ3n) is 3.18. The van der Waals surface area contributed by atoms with Crippen molar-refractivity contribution in [2.45, 2.75) is 25.8 Å². The smallest absolute Gasteiger partial charge is 0.239 e. The minimum atomic E-state index is -3.48. The Balaban J connectivity index is 2.58. The van der Waals surface area contributed by atoms with E-state index in [0.717, 1.165) is 12.8 Å². The van der Waals surface area contributed by atoms with E-state index >= 15 is 0 Å². The summed E-state index contributed by atoms with van der Waals surface area (Å²) in [6.07, 6.45) is 1.89. The van der Waals surface area contributed by atoms with Gasteiger partial charge in [0.05, 0.1) is 0 Å². The molecule has 0 spiro atoms. The van der Waals surface area contributed by atoms with Crippen LogP contribution < -0.4 is 10.5 Å². The van der Waals surface area contributed by atoms with Crippen LogP contribution in [0, 0.1) is 5.92 Å². The van der Waals surface area contributed by atoms with Crippen molar-refractivity contribution < 1.29 is 13.2 Å². The molecule has 100 valence electrons. The van der Waals surface area contributed by atoms with Gasteiger partial charge >= 0.3 is 0 Å². The quantitative estimate of drug-likeness (QED) is 0.689. The fraction of sp³-hybridized carbons (Fsp3) is 0.900. The van der Waals surface area contributed by atoms with E-state index in [9.17, 15) is 13.2 Å². The molecule has 0 radical (unpaired) electrons. The maximum Gasteiger partial charge on any atom is 0.239 e. The molecule has 0 aromatic heterocycles. The molecule has 1 saturated heterocycles. The molecule has 3 N–H and O–H groups in total. The minimum Gasteiger partial charge on any atom is -0.341 e. The monoisotopic (exact) mass is 263 g/mol. The summed E-state index contributed by atoms with van der Waals surface area (Å²) in [5.74, 6) is -0.551. The molecule has 1 aliphatic heterocycles. The molecule has 1 amide bonds. The molecule has 1 aliphatic rings. The number of likely N-dealkylation sites (tertiary alicyclic amines) is 1. The molecule has 6 nitrogen and oxygen atoms in total. The third kappa shape index (κ3) is 4.25. The first-order chi connectivity index (χ1) is 7.85. The van der Waals surface area contributed by atoms with Crippen LogP contribution in [0.1, 0.15) is 19.8 Å². The maximum atomic E-state index is 11.8. The molecule has 2 unspecified atom stereocenters. The van der Waals surface area contributed by atoms with E-state index in [2.05, 4.69) is 4.72 Å². The van der Waals surface area contributed by atoms with Gasteiger partial charge < -0.3 is 10.6 Å². The van der Waals surface area contributed by atoms with E-state index < -0.39 is 15.8 Å². The number of nitrogens with one attached hydrogen (secondary N) is 1. The average Bonchev–Trinajstić information content (AvgIpc) is 2.28. The van der Waals surface area contributed by atoms with Gasteiger partial charge in [-0.1, -0.05) is 0 Å². The topological polar surface area (TPSA) is 92.5 Å². The van der Waals surface area contributed by atoms with Gasteiger partial charge in [0.1, 0.15) is 5.75 Å². The molecule has 0 aliphatic carbocycles. The molecule has 1 fully saturated rings. The van der Waals surface area contributed by atoms with Crippen molar-refractivity contribution in [1.82, 2.24) is 9.62 Å². The van der Waals surface area contributed by atoms with Crippen molar-refractivity contribution >= 4 is 15.9 Å². The summed E-state index contributed by atoms with van der Waals surface area (Å²) in [5.41, 5.74) is 5.81. The lowest BCUT2D eigenvalue weighted by Crippen LogP contribution is -2.47. The first-order valence-corrected chi connectivity index (χ1v) is 7.45. The predicted molar refractivity (Wildman–Crippen MR) is 65.8 cm³/mol. The van der Waals surface area contributed by atoms with Crippen LogP contribution >= 0.6 is 0 Å². The molecule has 17 heavy (non-hydrogen) atoms. The summed E-state index contributed by atoms with van der Waals surface area (Å²) in [6, 6.07) is 0.0338. The summed E-state index contributed by atoms with van der Waals surface area (Å²) in [7, 11) is -2.17. The standard InChI is InChI=1S/C10H21N3O3S/c1-8(11)9-4-3-5-13(6-9)10(14)7-17(15,16)12-2/h8-9,12H,3-7,11H2,1-2H3. The number of nitrogens with zero attached hydrogens (tertiary/aromatic N) is 1. The summed E-state index contributed by atoms with van der Waals surface area (Å²) >= 11 is 0. The molecule has 1 heterocycles. The van der Waals surface area contributed by atoms with E-state index in [0.29, 0.717) is 13.1 Å². The van der Waals surface area contributed by atoms with Gasteiger partial charge in [-0.3, -0.25) is 4.79 Å². The lowest BCUT2D eigenvalue weighted by molar-refractivity contribution is -0.130. The predicted octanol–water partition coefficient (Wildman–Crippen LogP) is -0.879. The van der Waals surface area contributed by atoms with Gasteiger partial charge in [-0.2, -0.15) is 0 Å².